The number of nitriles is 1. The lowest BCUT2D eigenvalue weighted by atomic mass is 10.2. The Labute approximate surface area is 201 Å². The number of oxazole rings is 1. The molecule has 1 amide bonds. The summed E-state index contributed by atoms with van der Waals surface area (Å²) in [6.07, 6.45) is 1.77. The van der Waals surface area contributed by atoms with Gasteiger partial charge in [-0.1, -0.05) is 30.0 Å². The van der Waals surface area contributed by atoms with Crippen LogP contribution in [0.2, 0.25) is 0 Å². The minimum absolute atomic E-state index is 0.0194. The molecule has 3 heterocycles. The first-order chi connectivity index (χ1) is 16.5. The highest BCUT2D eigenvalue weighted by Gasteiger charge is 2.26. The summed E-state index contributed by atoms with van der Waals surface area (Å²) in [5, 5.41) is 18.6. The summed E-state index contributed by atoms with van der Waals surface area (Å²) < 4.78 is 13.0. The average molecular weight is 480 g/mol. The van der Waals surface area contributed by atoms with E-state index in [9.17, 15) is 10.1 Å². The molecule has 1 aliphatic rings. The highest BCUT2D eigenvalue weighted by Crippen LogP contribution is 2.31. The molecular weight excluding hydrogens is 454 g/mol. The van der Waals surface area contributed by atoms with E-state index in [0.29, 0.717) is 61.2 Å². The molecule has 11 heteroatoms. The number of aromatic nitrogens is 4. The number of nitrogens with zero attached hydrogens (tertiary/aromatic N) is 7. The van der Waals surface area contributed by atoms with E-state index in [4.69, 9.17) is 9.15 Å². The van der Waals surface area contributed by atoms with Crippen LogP contribution in [-0.4, -0.2) is 69.6 Å². The lowest BCUT2D eigenvalue weighted by molar-refractivity contribution is -0.128. The lowest BCUT2D eigenvalue weighted by Gasteiger charge is -2.34. The van der Waals surface area contributed by atoms with Crippen molar-refractivity contribution >= 4 is 23.6 Å². The minimum Gasteiger partial charge on any atom is -0.496 e. The van der Waals surface area contributed by atoms with Gasteiger partial charge in [0.1, 0.15) is 11.8 Å². The van der Waals surface area contributed by atoms with Crippen LogP contribution in [0.1, 0.15) is 11.6 Å². The van der Waals surface area contributed by atoms with Crippen molar-refractivity contribution in [2.24, 2.45) is 0 Å². The summed E-state index contributed by atoms with van der Waals surface area (Å²) in [5.41, 5.74) is 1.10. The van der Waals surface area contributed by atoms with Gasteiger partial charge in [-0.2, -0.15) is 5.26 Å². The molecule has 0 aliphatic carbocycles. The Morgan fingerprint density at radius 1 is 1.29 bits per heavy atom. The van der Waals surface area contributed by atoms with E-state index in [1.165, 1.54) is 11.8 Å². The number of carbonyl (C=O) groups excluding carboxylic acids is 1. The number of carbonyl (C=O) groups is 1. The van der Waals surface area contributed by atoms with E-state index < -0.39 is 0 Å². The van der Waals surface area contributed by atoms with Crippen molar-refractivity contribution in [2.45, 2.75) is 18.6 Å². The summed E-state index contributed by atoms with van der Waals surface area (Å²) in [6, 6.07) is 9.68. The molecule has 4 rings (SSSR count). The van der Waals surface area contributed by atoms with Gasteiger partial charge < -0.3 is 19.0 Å². The molecule has 1 fully saturated rings. The fourth-order valence-electron chi connectivity index (χ4n) is 3.80. The Morgan fingerprint density at radius 3 is 2.76 bits per heavy atom. The van der Waals surface area contributed by atoms with Crippen LogP contribution in [0.4, 0.5) is 5.88 Å². The molecule has 10 nitrogen and oxygen atoms in total. The Bertz CT molecular complexity index is 1220. The van der Waals surface area contributed by atoms with Crippen molar-refractivity contribution in [1.29, 1.82) is 5.26 Å². The maximum absolute atomic E-state index is 12.9. The topological polar surface area (TPSA) is 113 Å². The van der Waals surface area contributed by atoms with Crippen molar-refractivity contribution in [3.63, 3.8) is 0 Å². The van der Waals surface area contributed by atoms with Crippen LogP contribution in [-0.2, 0) is 11.3 Å². The maximum atomic E-state index is 12.9. The number of methoxy groups -OCH3 is 1. The highest BCUT2D eigenvalue weighted by atomic mass is 32.2. The number of amides is 1. The van der Waals surface area contributed by atoms with Gasteiger partial charge in [0.25, 0.3) is 0 Å². The van der Waals surface area contributed by atoms with E-state index in [1.54, 1.807) is 20.1 Å². The summed E-state index contributed by atoms with van der Waals surface area (Å²) in [4.78, 5) is 20.8. The molecule has 0 bridgehead atoms. The molecule has 1 saturated heterocycles. The summed E-state index contributed by atoms with van der Waals surface area (Å²) in [5.74, 6) is 2.56. The molecule has 3 aromatic rings. The number of allylic oxidation sites excluding steroid dienone is 1. The number of rotatable bonds is 8. The lowest BCUT2D eigenvalue weighted by Crippen LogP contribution is -2.49. The average Bonchev–Trinajstić information content (AvgIpc) is 3.45. The zero-order valence-electron chi connectivity index (χ0n) is 19.1. The van der Waals surface area contributed by atoms with E-state index in [0.717, 1.165) is 5.56 Å². The minimum atomic E-state index is 0.0194. The van der Waals surface area contributed by atoms with Crippen molar-refractivity contribution in [1.82, 2.24) is 24.6 Å². The number of piperazine rings is 1. The largest absolute Gasteiger partial charge is 0.496 e. The van der Waals surface area contributed by atoms with Gasteiger partial charge in [-0.05, 0) is 12.1 Å². The quantitative estimate of drug-likeness (QED) is 0.355. The number of anilines is 1. The molecule has 0 saturated carbocycles. The van der Waals surface area contributed by atoms with Crippen molar-refractivity contribution < 1.29 is 13.9 Å². The molecule has 0 N–H and O–H groups in total. The second-order valence-electron chi connectivity index (χ2n) is 7.56. The first-order valence-electron chi connectivity index (χ1n) is 10.8. The van der Waals surface area contributed by atoms with Crippen LogP contribution in [0.25, 0.3) is 11.4 Å². The van der Waals surface area contributed by atoms with E-state index in [1.807, 2.05) is 38.6 Å². The van der Waals surface area contributed by atoms with E-state index in [-0.39, 0.29) is 17.4 Å². The SMILES string of the molecule is C=CCn1c(SCC(=O)N2CCN(c3oc(C)nc3C#N)CC2)nnc1-c1ccccc1OC. The van der Waals surface area contributed by atoms with Gasteiger partial charge in [0.2, 0.25) is 17.5 Å². The molecule has 0 atom stereocenters. The molecule has 1 aliphatic heterocycles. The molecule has 176 valence electrons. The first-order valence-corrected chi connectivity index (χ1v) is 11.7. The monoisotopic (exact) mass is 479 g/mol. The predicted octanol–water partition coefficient (Wildman–Crippen LogP) is 2.75. The van der Waals surface area contributed by atoms with Gasteiger partial charge in [0.15, 0.2) is 16.9 Å². The Balaban J connectivity index is 1.40. The molecule has 2 aromatic heterocycles. The Hall–Kier alpha value is -3.78. The maximum Gasteiger partial charge on any atom is 0.234 e. The van der Waals surface area contributed by atoms with Crippen LogP contribution in [0.3, 0.4) is 0 Å². The molecule has 1 aromatic carbocycles. The number of aryl methyl sites for hydroxylation is 1. The van der Waals surface area contributed by atoms with Crippen molar-refractivity contribution in [3.8, 4) is 23.2 Å². The predicted molar refractivity (Wildman–Crippen MR) is 128 cm³/mol. The first kappa shape index (κ1) is 23.4. The molecule has 34 heavy (non-hydrogen) atoms. The summed E-state index contributed by atoms with van der Waals surface area (Å²) in [6.45, 7) is 8.28. The normalized spacial score (nSPS) is 13.6. The zero-order chi connectivity index (χ0) is 24.1. The number of para-hydroxylation sites is 1. The Morgan fingerprint density at radius 2 is 2.06 bits per heavy atom. The van der Waals surface area contributed by atoms with Crippen LogP contribution in [0.15, 0.2) is 46.5 Å². The van der Waals surface area contributed by atoms with Crippen LogP contribution >= 0.6 is 11.8 Å². The van der Waals surface area contributed by atoms with Gasteiger partial charge in [0, 0.05) is 39.6 Å². The number of hydrogen-bond acceptors (Lipinski definition) is 9. The summed E-state index contributed by atoms with van der Waals surface area (Å²) >= 11 is 1.35. The highest BCUT2D eigenvalue weighted by molar-refractivity contribution is 7.99. The van der Waals surface area contributed by atoms with E-state index >= 15 is 0 Å². The third kappa shape index (κ3) is 4.77. The van der Waals surface area contributed by atoms with E-state index in [2.05, 4.69) is 27.8 Å². The van der Waals surface area contributed by atoms with Crippen molar-refractivity contribution in [2.75, 3.05) is 43.9 Å². The molecular formula is C23H25N7O3S. The molecule has 0 unspecified atom stereocenters. The third-order valence-corrected chi connectivity index (χ3v) is 6.39. The van der Waals surface area contributed by atoms with Crippen LogP contribution in [0.5, 0.6) is 5.75 Å². The number of ether oxygens (including phenoxy) is 1. The van der Waals surface area contributed by atoms with Crippen LogP contribution in [0, 0.1) is 18.3 Å². The van der Waals surface area contributed by atoms with Gasteiger partial charge in [0.05, 0.1) is 18.4 Å². The Kier molecular flexibility index (Phi) is 7.18. The second kappa shape index (κ2) is 10.4. The summed E-state index contributed by atoms with van der Waals surface area (Å²) in [7, 11) is 1.62. The number of thioether (sulfide) groups is 1. The van der Waals surface area contributed by atoms with Crippen molar-refractivity contribution in [3.05, 3.63) is 48.5 Å². The fraction of sp³-hybridized carbons (Fsp3) is 0.348. The zero-order valence-corrected chi connectivity index (χ0v) is 19.9. The third-order valence-electron chi connectivity index (χ3n) is 5.44. The van der Waals surface area contributed by atoms with Gasteiger partial charge in [-0.3, -0.25) is 9.36 Å². The second-order valence-corrected chi connectivity index (χ2v) is 8.50. The van der Waals surface area contributed by atoms with Gasteiger partial charge >= 0.3 is 0 Å². The molecule has 0 radical (unpaired) electrons. The number of hydrogen-bond donors (Lipinski definition) is 0. The smallest absolute Gasteiger partial charge is 0.234 e. The number of benzene rings is 1. The fourth-order valence-corrected chi connectivity index (χ4v) is 4.65. The van der Waals surface area contributed by atoms with Crippen LogP contribution < -0.4 is 9.64 Å². The standard InChI is InChI=1S/C23H25N7O3S/c1-4-9-30-21(17-7-5-6-8-19(17)32-3)26-27-23(30)34-15-20(31)28-10-12-29(13-11-28)22-18(14-24)25-16(2)33-22/h4-8H,1,9-13,15H2,2-3H3. The van der Waals surface area contributed by atoms with Gasteiger partial charge in [-0.15, -0.1) is 16.8 Å². The molecule has 0 spiro atoms. The van der Waals surface area contributed by atoms with Gasteiger partial charge in [-0.25, -0.2) is 4.98 Å².